The minimum Gasteiger partial charge on any atom is -0.352 e. The minimum atomic E-state index is -0.379. The van der Waals surface area contributed by atoms with Gasteiger partial charge in [0, 0.05) is 12.1 Å². The molecule has 4 heteroatoms. The van der Waals surface area contributed by atoms with Crippen LogP contribution < -0.4 is 10.6 Å². The van der Waals surface area contributed by atoms with Gasteiger partial charge >= 0.3 is 0 Å². The Bertz CT molecular complexity index is 375. The molecule has 1 aromatic rings. The van der Waals surface area contributed by atoms with Crippen molar-refractivity contribution in [3.05, 3.63) is 35.6 Å². The zero-order chi connectivity index (χ0) is 11.4. The average molecular weight is 222 g/mol. The molecule has 2 rings (SSSR count). The molecule has 1 atom stereocenters. The van der Waals surface area contributed by atoms with E-state index < -0.39 is 0 Å². The third kappa shape index (κ3) is 2.79. The van der Waals surface area contributed by atoms with Crippen molar-refractivity contribution < 1.29 is 9.18 Å². The molecule has 1 aliphatic rings. The molecule has 3 nitrogen and oxygen atoms in total. The molecular weight excluding hydrogens is 207 g/mol. The van der Waals surface area contributed by atoms with Gasteiger partial charge < -0.3 is 10.6 Å². The van der Waals surface area contributed by atoms with Crippen molar-refractivity contribution in [2.24, 2.45) is 5.92 Å². The molecule has 1 unspecified atom stereocenters. The second-order valence-electron chi connectivity index (χ2n) is 4.08. The van der Waals surface area contributed by atoms with Crippen LogP contribution >= 0.6 is 0 Å². The summed E-state index contributed by atoms with van der Waals surface area (Å²) in [5.74, 6) is -0.0842. The van der Waals surface area contributed by atoms with Gasteiger partial charge in [0.05, 0.1) is 0 Å². The minimum absolute atomic E-state index is 0.202. The van der Waals surface area contributed by atoms with Gasteiger partial charge in [0.2, 0.25) is 0 Å². The fourth-order valence-corrected chi connectivity index (χ4v) is 1.86. The van der Waals surface area contributed by atoms with Crippen LogP contribution in [0.4, 0.5) is 4.39 Å². The lowest BCUT2D eigenvalue weighted by atomic mass is 10.1. The van der Waals surface area contributed by atoms with Gasteiger partial charge in [-0.15, -0.1) is 0 Å². The van der Waals surface area contributed by atoms with E-state index in [9.17, 15) is 9.18 Å². The van der Waals surface area contributed by atoms with Crippen LogP contribution in [0.2, 0.25) is 0 Å². The molecule has 86 valence electrons. The summed E-state index contributed by atoms with van der Waals surface area (Å²) in [5, 5.41) is 6.06. The zero-order valence-corrected chi connectivity index (χ0v) is 9.00. The van der Waals surface area contributed by atoms with E-state index in [1.54, 1.807) is 12.1 Å². The van der Waals surface area contributed by atoms with Crippen LogP contribution in [-0.2, 0) is 0 Å². The highest BCUT2D eigenvalue weighted by atomic mass is 19.1. The molecule has 0 bridgehead atoms. The van der Waals surface area contributed by atoms with Crippen LogP contribution in [0.15, 0.2) is 24.3 Å². The second-order valence-corrected chi connectivity index (χ2v) is 4.08. The molecule has 1 aliphatic heterocycles. The Labute approximate surface area is 94.0 Å². The first-order valence-electron chi connectivity index (χ1n) is 5.50. The Morgan fingerprint density at radius 2 is 2.44 bits per heavy atom. The van der Waals surface area contributed by atoms with Crippen LogP contribution in [-0.4, -0.2) is 25.5 Å². The third-order valence-electron chi connectivity index (χ3n) is 2.80. The number of carbonyl (C=O) groups excluding carboxylic acids is 1. The molecule has 16 heavy (non-hydrogen) atoms. The average Bonchev–Trinajstić information content (AvgIpc) is 2.78. The normalized spacial score (nSPS) is 19.7. The monoisotopic (exact) mass is 222 g/mol. The Morgan fingerprint density at radius 3 is 3.12 bits per heavy atom. The summed E-state index contributed by atoms with van der Waals surface area (Å²) in [6.07, 6.45) is 1.09. The molecule has 1 aromatic carbocycles. The molecule has 0 aromatic heterocycles. The molecule has 1 saturated heterocycles. The van der Waals surface area contributed by atoms with Gasteiger partial charge in [-0.1, -0.05) is 6.07 Å². The maximum atomic E-state index is 12.9. The Morgan fingerprint density at radius 1 is 1.56 bits per heavy atom. The maximum Gasteiger partial charge on any atom is 0.251 e. The number of halogens is 1. The van der Waals surface area contributed by atoms with Crippen molar-refractivity contribution in [3.8, 4) is 0 Å². The molecule has 1 amide bonds. The van der Waals surface area contributed by atoms with Gasteiger partial charge in [-0.05, 0) is 43.6 Å². The molecule has 2 N–H and O–H groups in total. The smallest absolute Gasteiger partial charge is 0.251 e. The Balaban J connectivity index is 1.87. The standard InChI is InChI=1S/C12H15FN2O/c13-11-3-1-2-10(6-11)12(16)15-8-9-4-5-14-7-9/h1-3,6,9,14H,4-5,7-8H2,(H,15,16). The summed E-state index contributed by atoms with van der Waals surface area (Å²) in [6, 6.07) is 5.74. The van der Waals surface area contributed by atoms with Crippen LogP contribution in [0.25, 0.3) is 0 Å². The lowest BCUT2D eigenvalue weighted by molar-refractivity contribution is 0.0947. The highest BCUT2D eigenvalue weighted by Gasteiger charge is 2.15. The highest BCUT2D eigenvalue weighted by Crippen LogP contribution is 2.07. The van der Waals surface area contributed by atoms with Crippen LogP contribution in [0.1, 0.15) is 16.8 Å². The van der Waals surface area contributed by atoms with Gasteiger partial charge in [0.1, 0.15) is 5.82 Å². The Kier molecular flexibility index (Phi) is 3.51. The molecule has 1 heterocycles. The highest BCUT2D eigenvalue weighted by molar-refractivity contribution is 5.94. The zero-order valence-electron chi connectivity index (χ0n) is 9.00. The van der Waals surface area contributed by atoms with E-state index in [-0.39, 0.29) is 11.7 Å². The summed E-state index contributed by atoms with van der Waals surface area (Å²) in [5.41, 5.74) is 0.381. The summed E-state index contributed by atoms with van der Waals surface area (Å²) >= 11 is 0. The van der Waals surface area contributed by atoms with Crippen LogP contribution in [0, 0.1) is 11.7 Å². The summed E-state index contributed by atoms with van der Waals surface area (Å²) in [7, 11) is 0. The van der Waals surface area contributed by atoms with Crippen molar-refractivity contribution in [2.45, 2.75) is 6.42 Å². The van der Waals surface area contributed by atoms with Gasteiger partial charge in [-0.3, -0.25) is 4.79 Å². The SMILES string of the molecule is O=C(NCC1CCNC1)c1cccc(F)c1. The molecule has 0 saturated carbocycles. The van der Waals surface area contributed by atoms with E-state index in [1.807, 2.05) is 0 Å². The van der Waals surface area contributed by atoms with E-state index >= 15 is 0 Å². The first kappa shape index (κ1) is 11.1. The molecule has 1 fully saturated rings. The fourth-order valence-electron chi connectivity index (χ4n) is 1.86. The van der Waals surface area contributed by atoms with E-state index in [0.717, 1.165) is 19.5 Å². The summed E-state index contributed by atoms with van der Waals surface area (Å²) in [4.78, 5) is 11.7. The molecule has 0 radical (unpaired) electrons. The lowest BCUT2D eigenvalue weighted by Crippen LogP contribution is -2.30. The van der Waals surface area contributed by atoms with Crippen molar-refractivity contribution in [1.29, 1.82) is 0 Å². The van der Waals surface area contributed by atoms with Crippen LogP contribution in [0.5, 0.6) is 0 Å². The Hall–Kier alpha value is -1.42. The number of nitrogens with one attached hydrogen (secondary N) is 2. The van der Waals surface area contributed by atoms with Crippen molar-refractivity contribution >= 4 is 5.91 Å². The molecule has 0 spiro atoms. The van der Waals surface area contributed by atoms with E-state index in [4.69, 9.17) is 0 Å². The predicted octanol–water partition coefficient (Wildman–Crippen LogP) is 1.17. The van der Waals surface area contributed by atoms with E-state index in [1.165, 1.54) is 12.1 Å². The van der Waals surface area contributed by atoms with E-state index in [0.29, 0.717) is 18.0 Å². The van der Waals surface area contributed by atoms with Gasteiger partial charge in [0.25, 0.3) is 5.91 Å². The fraction of sp³-hybridized carbons (Fsp3) is 0.417. The lowest BCUT2D eigenvalue weighted by Gasteiger charge is -2.09. The van der Waals surface area contributed by atoms with Crippen LogP contribution in [0.3, 0.4) is 0 Å². The predicted molar refractivity (Wildman–Crippen MR) is 59.7 cm³/mol. The largest absolute Gasteiger partial charge is 0.352 e. The van der Waals surface area contributed by atoms with E-state index in [2.05, 4.69) is 10.6 Å². The quantitative estimate of drug-likeness (QED) is 0.806. The van der Waals surface area contributed by atoms with Gasteiger partial charge in [-0.25, -0.2) is 4.39 Å². The first-order chi connectivity index (χ1) is 7.75. The first-order valence-corrected chi connectivity index (χ1v) is 5.50. The molecular formula is C12H15FN2O. The number of rotatable bonds is 3. The van der Waals surface area contributed by atoms with Crippen molar-refractivity contribution in [1.82, 2.24) is 10.6 Å². The van der Waals surface area contributed by atoms with Gasteiger partial charge in [0.15, 0.2) is 0 Å². The summed E-state index contributed by atoms with van der Waals surface area (Å²) in [6.45, 7) is 2.62. The number of hydrogen-bond acceptors (Lipinski definition) is 2. The number of carbonyl (C=O) groups is 1. The van der Waals surface area contributed by atoms with Crippen molar-refractivity contribution in [3.63, 3.8) is 0 Å². The number of benzene rings is 1. The topological polar surface area (TPSA) is 41.1 Å². The maximum absolute atomic E-state index is 12.9. The summed E-state index contributed by atoms with van der Waals surface area (Å²) < 4.78 is 12.9. The van der Waals surface area contributed by atoms with Crippen molar-refractivity contribution in [2.75, 3.05) is 19.6 Å². The number of hydrogen-bond donors (Lipinski definition) is 2. The second kappa shape index (κ2) is 5.07. The third-order valence-corrected chi connectivity index (χ3v) is 2.80. The van der Waals surface area contributed by atoms with Gasteiger partial charge in [-0.2, -0.15) is 0 Å². The molecule has 0 aliphatic carbocycles. The number of amides is 1.